The van der Waals surface area contributed by atoms with E-state index in [1.807, 2.05) is 6.07 Å². The van der Waals surface area contributed by atoms with Gasteiger partial charge in [-0.25, -0.2) is 18.3 Å². The quantitative estimate of drug-likeness (QED) is 0.609. The first-order chi connectivity index (χ1) is 12.9. The molecule has 0 radical (unpaired) electrons. The summed E-state index contributed by atoms with van der Waals surface area (Å²) in [5.41, 5.74) is 2.61. The second kappa shape index (κ2) is 6.01. The lowest BCUT2D eigenvalue weighted by Gasteiger charge is -2.09. The van der Waals surface area contributed by atoms with Crippen LogP contribution in [0.1, 0.15) is 35.9 Å². The zero-order valence-electron chi connectivity index (χ0n) is 13.9. The van der Waals surface area contributed by atoms with Gasteiger partial charge < -0.3 is 4.74 Å². The maximum Gasteiger partial charge on any atom is 0.255 e. The summed E-state index contributed by atoms with van der Waals surface area (Å²) in [7, 11) is 0. The van der Waals surface area contributed by atoms with Gasteiger partial charge in [0, 0.05) is 48.3 Å². The number of pyridine rings is 1. The highest BCUT2D eigenvalue weighted by Crippen LogP contribution is 2.55. The highest BCUT2D eigenvalue weighted by molar-refractivity contribution is 6.31. The Morgan fingerprint density at radius 3 is 2.81 bits per heavy atom. The Morgan fingerprint density at radius 2 is 2.04 bits per heavy atom. The van der Waals surface area contributed by atoms with Crippen LogP contribution in [0.4, 0.5) is 8.78 Å². The van der Waals surface area contributed by atoms with Crippen molar-refractivity contribution in [3.8, 4) is 5.75 Å². The van der Waals surface area contributed by atoms with Gasteiger partial charge in [-0.1, -0.05) is 23.2 Å². The lowest BCUT2D eigenvalue weighted by Crippen LogP contribution is -2.06. The molecule has 5 nitrogen and oxygen atoms in total. The Balaban J connectivity index is 1.37. The molecule has 3 aromatic rings. The van der Waals surface area contributed by atoms with E-state index in [0.29, 0.717) is 15.9 Å². The first-order valence-corrected chi connectivity index (χ1v) is 9.34. The molecular formula is C18H14Cl2F2N4O. The van der Waals surface area contributed by atoms with E-state index in [0.717, 1.165) is 23.3 Å². The minimum Gasteiger partial charge on any atom is -0.491 e. The molecule has 3 heterocycles. The highest BCUT2D eigenvalue weighted by Gasteiger charge is 2.57. The number of hydrogen-bond donors (Lipinski definition) is 0. The fourth-order valence-electron chi connectivity index (χ4n) is 3.44. The van der Waals surface area contributed by atoms with Crippen molar-refractivity contribution in [3.05, 3.63) is 52.2 Å². The maximum atomic E-state index is 13.0. The second-order valence-corrected chi connectivity index (χ2v) is 7.87. The molecule has 0 spiro atoms. The van der Waals surface area contributed by atoms with Crippen molar-refractivity contribution >= 4 is 28.8 Å². The largest absolute Gasteiger partial charge is 0.491 e. The van der Waals surface area contributed by atoms with Crippen LogP contribution in [0, 0.1) is 5.92 Å². The van der Waals surface area contributed by atoms with E-state index >= 15 is 0 Å². The molecule has 9 heteroatoms. The van der Waals surface area contributed by atoms with E-state index in [-0.39, 0.29) is 24.9 Å². The van der Waals surface area contributed by atoms with Gasteiger partial charge in [-0.15, -0.1) is 0 Å². The predicted octanol–water partition coefficient (Wildman–Crippen LogP) is 4.74. The summed E-state index contributed by atoms with van der Waals surface area (Å²) in [4.78, 5) is 8.76. The van der Waals surface area contributed by atoms with Crippen molar-refractivity contribution < 1.29 is 13.5 Å². The molecule has 27 heavy (non-hydrogen) atoms. The summed E-state index contributed by atoms with van der Waals surface area (Å²) in [6, 6.07) is 3.58. The molecule has 2 fully saturated rings. The van der Waals surface area contributed by atoms with Crippen LogP contribution in [-0.2, 0) is 0 Å². The fourth-order valence-corrected chi connectivity index (χ4v) is 3.79. The summed E-state index contributed by atoms with van der Waals surface area (Å²) in [6.45, 7) is -0.0427. The van der Waals surface area contributed by atoms with Crippen molar-refractivity contribution in [2.75, 3.05) is 6.61 Å². The number of fused-ring (bicyclic) bond motifs is 1. The van der Waals surface area contributed by atoms with Gasteiger partial charge in [0.15, 0.2) is 5.65 Å². The minimum absolute atomic E-state index is 0.0427. The SMILES string of the molecule is FC1(F)C[C@H]1COc1cc([C@H]2C[C@@H]2c2cc(Cl)nn3ccnc23)ncc1Cl. The summed E-state index contributed by atoms with van der Waals surface area (Å²) < 4.78 is 33.3. The Labute approximate surface area is 163 Å². The van der Waals surface area contributed by atoms with Crippen LogP contribution in [0.25, 0.3) is 5.65 Å². The second-order valence-electron chi connectivity index (χ2n) is 7.08. The van der Waals surface area contributed by atoms with Crippen LogP contribution in [0.5, 0.6) is 5.75 Å². The normalized spacial score (nSPS) is 25.6. The summed E-state index contributed by atoms with van der Waals surface area (Å²) in [5, 5.41) is 4.92. The zero-order valence-corrected chi connectivity index (χ0v) is 15.5. The fraction of sp³-hybridized carbons (Fsp3) is 0.389. The van der Waals surface area contributed by atoms with Crippen molar-refractivity contribution in [2.24, 2.45) is 5.92 Å². The summed E-state index contributed by atoms with van der Waals surface area (Å²) in [6.07, 6.45) is 5.70. The lowest BCUT2D eigenvalue weighted by molar-refractivity contribution is 0.0856. The summed E-state index contributed by atoms with van der Waals surface area (Å²) >= 11 is 12.2. The van der Waals surface area contributed by atoms with E-state index in [4.69, 9.17) is 27.9 Å². The molecular weight excluding hydrogens is 397 g/mol. The first-order valence-electron chi connectivity index (χ1n) is 8.58. The van der Waals surface area contributed by atoms with Gasteiger partial charge in [0.05, 0.1) is 12.5 Å². The molecule has 0 unspecified atom stereocenters. The average molecular weight is 411 g/mol. The summed E-state index contributed by atoms with van der Waals surface area (Å²) in [5.74, 6) is -2.56. The molecule has 0 bridgehead atoms. The number of rotatable bonds is 5. The van der Waals surface area contributed by atoms with Crippen LogP contribution in [-0.4, -0.2) is 32.1 Å². The van der Waals surface area contributed by atoms with Gasteiger partial charge in [-0.2, -0.15) is 5.10 Å². The molecule has 2 aliphatic carbocycles. The number of alkyl halides is 2. The monoisotopic (exact) mass is 410 g/mol. The number of aromatic nitrogens is 4. The van der Waals surface area contributed by atoms with Gasteiger partial charge in [0.25, 0.3) is 5.92 Å². The molecule has 0 saturated heterocycles. The molecule has 0 N–H and O–H groups in total. The smallest absolute Gasteiger partial charge is 0.255 e. The predicted molar refractivity (Wildman–Crippen MR) is 95.9 cm³/mol. The van der Waals surface area contributed by atoms with E-state index in [1.54, 1.807) is 23.0 Å². The Bertz CT molecular complexity index is 1040. The lowest BCUT2D eigenvalue weighted by atomic mass is 10.1. The third-order valence-electron chi connectivity index (χ3n) is 5.16. The molecule has 0 aliphatic heterocycles. The molecule has 0 aromatic carbocycles. The number of hydrogen-bond acceptors (Lipinski definition) is 4. The molecule has 3 atom stereocenters. The van der Waals surface area contributed by atoms with E-state index in [1.165, 1.54) is 6.20 Å². The van der Waals surface area contributed by atoms with Crippen LogP contribution in [0.2, 0.25) is 10.2 Å². The van der Waals surface area contributed by atoms with Gasteiger partial charge in [-0.05, 0) is 18.4 Å². The van der Waals surface area contributed by atoms with Crippen molar-refractivity contribution in [3.63, 3.8) is 0 Å². The van der Waals surface area contributed by atoms with Crippen LogP contribution in [0.15, 0.2) is 30.7 Å². The number of imidazole rings is 1. The molecule has 0 amide bonds. The van der Waals surface area contributed by atoms with Crippen molar-refractivity contribution in [1.29, 1.82) is 0 Å². The Hall–Kier alpha value is -1.99. The Morgan fingerprint density at radius 1 is 1.22 bits per heavy atom. The Kier molecular flexibility index (Phi) is 3.81. The number of nitrogens with zero attached hydrogens (tertiary/aromatic N) is 4. The van der Waals surface area contributed by atoms with Crippen LogP contribution < -0.4 is 4.74 Å². The number of halogens is 4. The van der Waals surface area contributed by atoms with Gasteiger partial charge in [0.2, 0.25) is 0 Å². The zero-order chi connectivity index (χ0) is 18.8. The topological polar surface area (TPSA) is 52.3 Å². The van der Waals surface area contributed by atoms with Crippen molar-refractivity contribution in [2.45, 2.75) is 30.6 Å². The van der Waals surface area contributed by atoms with Crippen LogP contribution in [0.3, 0.4) is 0 Å². The average Bonchev–Trinajstić information content (AvgIpc) is 3.47. The molecule has 2 saturated carbocycles. The first kappa shape index (κ1) is 17.1. The van der Waals surface area contributed by atoms with Gasteiger partial charge in [0.1, 0.15) is 15.9 Å². The van der Waals surface area contributed by atoms with Gasteiger partial charge >= 0.3 is 0 Å². The third kappa shape index (κ3) is 3.12. The van der Waals surface area contributed by atoms with Gasteiger partial charge in [-0.3, -0.25) is 4.98 Å². The molecule has 3 aromatic heterocycles. The van der Waals surface area contributed by atoms with E-state index < -0.39 is 11.8 Å². The van der Waals surface area contributed by atoms with E-state index in [2.05, 4.69) is 15.1 Å². The standard InChI is InChI=1S/C18H14Cl2F2N4O/c19-13-7-24-14(5-15(13)27-8-9-6-18(9,21)22)11-3-10(11)12-4-16(20)25-26-2-1-23-17(12)26/h1-2,4-5,7,9-11H,3,6,8H2/t9-,10-,11-/m0/s1. The van der Waals surface area contributed by atoms with Crippen molar-refractivity contribution in [1.82, 2.24) is 19.6 Å². The van der Waals surface area contributed by atoms with E-state index in [9.17, 15) is 8.78 Å². The molecule has 5 rings (SSSR count). The molecule has 2 aliphatic rings. The molecule has 140 valence electrons. The maximum absolute atomic E-state index is 13.0. The van der Waals surface area contributed by atoms with Crippen LogP contribution >= 0.6 is 23.2 Å². The highest BCUT2D eigenvalue weighted by atomic mass is 35.5. The third-order valence-corrected chi connectivity index (χ3v) is 5.63. The minimum atomic E-state index is -2.61. The number of ether oxygens (including phenoxy) is 1.